The van der Waals surface area contributed by atoms with Crippen LogP contribution in [-0.4, -0.2) is 59.1 Å². The minimum Gasteiger partial charge on any atom is -0.726 e. The van der Waals surface area contributed by atoms with Crippen molar-refractivity contribution in [1.82, 2.24) is 10.2 Å². The summed E-state index contributed by atoms with van der Waals surface area (Å²) in [5.41, 5.74) is -0.202. The van der Waals surface area contributed by atoms with Gasteiger partial charge in [-0.05, 0) is 6.92 Å². The van der Waals surface area contributed by atoms with E-state index in [1.54, 1.807) is 0 Å². The third-order valence-electron chi connectivity index (χ3n) is 4.04. The maximum atomic E-state index is 12.5. The Labute approximate surface area is 157 Å². The zero-order chi connectivity index (χ0) is 20.5. The van der Waals surface area contributed by atoms with Crippen molar-refractivity contribution < 1.29 is 40.5 Å². The normalized spacial score (nSPS) is 24.4. The van der Waals surface area contributed by atoms with Gasteiger partial charge in [0.1, 0.15) is 5.70 Å². The Hall–Kier alpha value is -2.09. The molecule has 1 fully saturated rings. The zero-order valence-electron chi connectivity index (χ0n) is 14.5. The molecule has 4 atom stereocenters. The third kappa shape index (κ3) is 4.43. The standard InChI is InChI=1S/C14H18N2O9S2/c1-7(25-27(21,22)23)11-9-6-10(26(20)5-4-15-8(2)17)12(14(19)24-3)16(9)13(11)18/h4-5,7,9,11H,6H2,1-3H3,(H,15,17)(H,21,22,23)/p-1/b5-4+/t7-,9+,11-,26?/m0/s1. The van der Waals surface area contributed by atoms with E-state index in [9.17, 15) is 31.6 Å². The van der Waals surface area contributed by atoms with Crippen molar-refractivity contribution in [3.63, 3.8) is 0 Å². The molecule has 2 aliphatic heterocycles. The van der Waals surface area contributed by atoms with Crippen LogP contribution in [0, 0.1) is 5.92 Å². The summed E-state index contributed by atoms with van der Waals surface area (Å²) in [6, 6.07) is -0.698. The molecule has 0 radical (unpaired) electrons. The number of fused-ring (bicyclic) bond motifs is 1. The van der Waals surface area contributed by atoms with E-state index in [0.29, 0.717) is 0 Å². The van der Waals surface area contributed by atoms with E-state index in [2.05, 4.69) is 14.2 Å². The van der Waals surface area contributed by atoms with Crippen molar-refractivity contribution in [2.75, 3.05) is 7.11 Å². The fraction of sp³-hybridized carbons (Fsp3) is 0.500. The predicted octanol–water partition coefficient (Wildman–Crippen LogP) is -1.18. The van der Waals surface area contributed by atoms with E-state index in [1.165, 1.54) is 13.8 Å². The SMILES string of the molecule is COC(=O)C1=C(S(=O)/C=C/NC(C)=O)C[C@@H]2[C@H]([C@H](C)OS(=O)(=O)[O-])C(=O)N12. The van der Waals surface area contributed by atoms with Gasteiger partial charge in [0.15, 0.2) is 0 Å². The van der Waals surface area contributed by atoms with Crippen molar-refractivity contribution in [3.8, 4) is 0 Å². The Bertz CT molecular complexity index is 862. The number of hydrogen-bond acceptors (Lipinski definition) is 9. The Morgan fingerprint density at radius 3 is 2.59 bits per heavy atom. The van der Waals surface area contributed by atoms with Crippen molar-refractivity contribution in [2.45, 2.75) is 32.4 Å². The molecule has 1 saturated heterocycles. The molecule has 2 rings (SSSR count). The molecule has 2 heterocycles. The van der Waals surface area contributed by atoms with E-state index < -0.39 is 51.1 Å². The molecular formula is C14H17N2O9S2-. The molecule has 0 spiro atoms. The van der Waals surface area contributed by atoms with Crippen molar-refractivity contribution in [1.29, 1.82) is 0 Å². The highest BCUT2D eigenvalue weighted by Crippen LogP contribution is 2.45. The van der Waals surface area contributed by atoms with Crippen molar-refractivity contribution >= 4 is 39.0 Å². The van der Waals surface area contributed by atoms with Crippen LogP contribution in [0.3, 0.4) is 0 Å². The Morgan fingerprint density at radius 2 is 2.07 bits per heavy atom. The molecule has 0 bridgehead atoms. The minimum atomic E-state index is -5.02. The van der Waals surface area contributed by atoms with Crippen LogP contribution >= 0.6 is 0 Å². The maximum Gasteiger partial charge on any atom is 0.355 e. The highest BCUT2D eigenvalue weighted by atomic mass is 32.3. The Morgan fingerprint density at radius 1 is 1.44 bits per heavy atom. The van der Waals surface area contributed by atoms with Gasteiger partial charge in [0.2, 0.25) is 22.2 Å². The van der Waals surface area contributed by atoms with Crippen LogP contribution in [-0.2, 0) is 44.5 Å². The summed E-state index contributed by atoms with van der Waals surface area (Å²) in [4.78, 5) is 36.5. The summed E-state index contributed by atoms with van der Waals surface area (Å²) >= 11 is 0. The molecule has 1 unspecified atom stereocenters. The van der Waals surface area contributed by atoms with Crippen LogP contribution in [0.25, 0.3) is 0 Å². The van der Waals surface area contributed by atoms with Gasteiger partial charge in [-0.3, -0.25) is 13.8 Å². The second-order valence-corrected chi connectivity index (χ2v) is 8.15. The van der Waals surface area contributed by atoms with Gasteiger partial charge in [0, 0.05) is 25.0 Å². The highest BCUT2D eigenvalue weighted by Gasteiger charge is 2.58. The molecule has 0 aliphatic carbocycles. The topological polar surface area (TPSA) is 159 Å². The molecule has 11 nitrogen and oxygen atoms in total. The Kier molecular flexibility index (Phi) is 6.19. The first-order chi connectivity index (χ1) is 12.5. The van der Waals surface area contributed by atoms with Gasteiger partial charge in [0.25, 0.3) is 0 Å². The van der Waals surface area contributed by atoms with Gasteiger partial charge in [0.05, 0.1) is 40.9 Å². The molecule has 1 N–H and O–H groups in total. The molecular weight excluding hydrogens is 404 g/mol. The number of carbonyl (C=O) groups is 3. The molecule has 27 heavy (non-hydrogen) atoms. The molecule has 13 heteroatoms. The summed E-state index contributed by atoms with van der Waals surface area (Å²) in [6.07, 6.45) is -0.113. The fourth-order valence-corrected chi connectivity index (χ4v) is 4.58. The first-order valence-corrected chi connectivity index (χ1v) is 10.2. The van der Waals surface area contributed by atoms with E-state index in [-0.39, 0.29) is 22.9 Å². The van der Waals surface area contributed by atoms with Gasteiger partial charge >= 0.3 is 5.97 Å². The number of nitrogens with one attached hydrogen (secondary N) is 1. The summed E-state index contributed by atoms with van der Waals surface area (Å²) in [5, 5.41) is 3.44. The van der Waals surface area contributed by atoms with Crippen LogP contribution in [0.5, 0.6) is 0 Å². The lowest BCUT2D eigenvalue weighted by Crippen LogP contribution is -2.62. The summed E-state index contributed by atoms with van der Waals surface area (Å²) in [7, 11) is -5.79. The van der Waals surface area contributed by atoms with Gasteiger partial charge in [-0.15, -0.1) is 0 Å². The van der Waals surface area contributed by atoms with Gasteiger partial charge in [-0.1, -0.05) is 0 Å². The second-order valence-electron chi connectivity index (χ2n) is 5.78. The summed E-state index contributed by atoms with van der Waals surface area (Å²) < 4.78 is 53.8. The number of ether oxygens (including phenoxy) is 1. The molecule has 150 valence electrons. The molecule has 0 aromatic rings. The smallest absolute Gasteiger partial charge is 0.355 e. The van der Waals surface area contributed by atoms with Crippen LogP contribution in [0.2, 0.25) is 0 Å². The lowest BCUT2D eigenvalue weighted by Gasteiger charge is -2.45. The lowest BCUT2D eigenvalue weighted by molar-refractivity contribution is -0.160. The summed E-state index contributed by atoms with van der Waals surface area (Å²) in [5.74, 6) is -2.91. The third-order valence-corrected chi connectivity index (χ3v) is 5.81. The predicted molar refractivity (Wildman–Crippen MR) is 89.1 cm³/mol. The van der Waals surface area contributed by atoms with Gasteiger partial charge < -0.3 is 19.5 Å². The number of methoxy groups -OCH3 is 1. The fourth-order valence-electron chi connectivity index (χ4n) is 3.02. The number of amides is 2. The second kappa shape index (κ2) is 7.88. The lowest BCUT2D eigenvalue weighted by atomic mass is 9.83. The van der Waals surface area contributed by atoms with Crippen molar-refractivity contribution in [2.24, 2.45) is 5.92 Å². The number of β-lactam (4-membered cyclic amide) rings is 1. The number of hydrogen-bond donors (Lipinski definition) is 1. The first kappa shape index (κ1) is 21.2. The average molecular weight is 421 g/mol. The average Bonchev–Trinajstić information content (AvgIpc) is 2.87. The number of nitrogens with zero attached hydrogens (tertiary/aromatic N) is 1. The molecule has 2 aliphatic rings. The quantitative estimate of drug-likeness (QED) is 0.231. The van der Waals surface area contributed by atoms with E-state index >= 15 is 0 Å². The van der Waals surface area contributed by atoms with Crippen molar-refractivity contribution in [3.05, 3.63) is 22.2 Å². The number of rotatable bonds is 7. The summed E-state index contributed by atoms with van der Waals surface area (Å²) in [6.45, 7) is 2.50. The zero-order valence-corrected chi connectivity index (χ0v) is 16.2. The van der Waals surface area contributed by atoms with Crippen LogP contribution in [0.1, 0.15) is 20.3 Å². The van der Waals surface area contributed by atoms with Crippen LogP contribution < -0.4 is 5.32 Å². The molecule has 0 aromatic heterocycles. The highest BCUT2D eigenvalue weighted by molar-refractivity contribution is 7.91. The monoisotopic (exact) mass is 421 g/mol. The first-order valence-electron chi connectivity index (χ1n) is 7.61. The Balaban J connectivity index is 2.28. The van der Waals surface area contributed by atoms with E-state index in [0.717, 1.165) is 23.6 Å². The molecule has 0 saturated carbocycles. The number of carbonyl (C=O) groups excluding carboxylic acids is 3. The van der Waals surface area contributed by atoms with Crippen LogP contribution in [0.15, 0.2) is 22.2 Å². The van der Waals surface area contributed by atoms with Gasteiger partial charge in [-0.2, -0.15) is 0 Å². The minimum absolute atomic E-state index is 0.00946. The van der Waals surface area contributed by atoms with Crippen LogP contribution in [0.4, 0.5) is 0 Å². The maximum absolute atomic E-state index is 12.5. The molecule has 2 amide bonds. The number of esters is 1. The largest absolute Gasteiger partial charge is 0.726 e. The molecule has 0 aromatic carbocycles. The van der Waals surface area contributed by atoms with E-state index in [1.807, 2.05) is 0 Å². The van der Waals surface area contributed by atoms with E-state index in [4.69, 9.17) is 0 Å². The van der Waals surface area contributed by atoms with Gasteiger partial charge in [-0.25, -0.2) is 17.4 Å².